The lowest BCUT2D eigenvalue weighted by molar-refractivity contribution is -0.143. The summed E-state index contributed by atoms with van der Waals surface area (Å²) in [6.07, 6.45) is -4.95. The third-order valence-electron chi connectivity index (χ3n) is 2.60. The van der Waals surface area contributed by atoms with E-state index in [1.54, 1.807) is 6.92 Å². The van der Waals surface area contributed by atoms with E-state index in [0.29, 0.717) is 4.90 Å². The maximum Gasteiger partial charge on any atom is 0.406 e. The van der Waals surface area contributed by atoms with Gasteiger partial charge in [-0.25, -0.2) is 4.79 Å². The molecule has 0 rings (SSSR count). The van der Waals surface area contributed by atoms with Crippen molar-refractivity contribution in [3.63, 3.8) is 0 Å². The SMILES string of the molecule is CCN(C(=O)N(CCO)CC(F)(F)F)C(C)CC(=O)O. The Bertz CT molecular complexity index is 336. The number of aliphatic carboxylic acids is 1. The van der Waals surface area contributed by atoms with E-state index in [1.807, 2.05) is 0 Å². The number of carbonyl (C=O) groups is 2. The number of carboxylic acid groups (broad SMARTS) is 1. The highest BCUT2D eigenvalue weighted by atomic mass is 19.4. The number of carboxylic acids is 1. The van der Waals surface area contributed by atoms with E-state index in [-0.39, 0.29) is 13.0 Å². The number of hydrogen-bond donors (Lipinski definition) is 2. The molecule has 20 heavy (non-hydrogen) atoms. The largest absolute Gasteiger partial charge is 0.481 e. The molecule has 9 heteroatoms. The normalized spacial score (nSPS) is 12.9. The van der Waals surface area contributed by atoms with Crippen molar-refractivity contribution in [1.82, 2.24) is 9.80 Å². The number of hydrogen-bond acceptors (Lipinski definition) is 3. The fraction of sp³-hybridized carbons (Fsp3) is 0.818. The molecular weight excluding hydrogens is 281 g/mol. The summed E-state index contributed by atoms with van der Waals surface area (Å²) in [6, 6.07) is -1.67. The van der Waals surface area contributed by atoms with Gasteiger partial charge < -0.3 is 20.0 Å². The van der Waals surface area contributed by atoms with Crippen LogP contribution in [0.1, 0.15) is 20.3 Å². The van der Waals surface area contributed by atoms with Gasteiger partial charge >= 0.3 is 18.2 Å². The molecule has 0 aromatic heterocycles. The maximum atomic E-state index is 12.4. The molecule has 0 bridgehead atoms. The quantitative estimate of drug-likeness (QED) is 0.739. The topological polar surface area (TPSA) is 81.1 Å². The molecule has 0 aliphatic heterocycles. The Hall–Kier alpha value is -1.51. The Morgan fingerprint density at radius 1 is 1.30 bits per heavy atom. The maximum absolute atomic E-state index is 12.4. The molecule has 0 saturated carbocycles. The van der Waals surface area contributed by atoms with E-state index in [9.17, 15) is 22.8 Å². The molecule has 1 unspecified atom stereocenters. The molecule has 2 N–H and O–H groups in total. The number of nitrogens with zero attached hydrogens (tertiary/aromatic N) is 2. The average Bonchev–Trinajstić information content (AvgIpc) is 2.26. The molecule has 118 valence electrons. The Morgan fingerprint density at radius 2 is 1.85 bits per heavy atom. The highest BCUT2D eigenvalue weighted by Gasteiger charge is 2.35. The van der Waals surface area contributed by atoms with Crippen LogP contribution in [0.5, 0.6) is 0 Å². The highest BCUT2D eigenvalue weighted by Crippen LogP contribution is 2.18. The second-order valence-corrected chi connectivity index (χ2v) is 4.28. The standard InChI is InChI=1S/C11H19F3N2O4/c1-3-16(8(2)6-9(18)19)10(20)15(4-5-17)7-11(12,13)14/h8,17H,3-7H2,1-2H3,(H,18,19). The number of aliphatic hydroxyl groups is 1. The first-order valence-electron chi connectivity index (χ1n) is 6.07. The van der Waals surface area contributed by atoms with Crippen LogP contribution in [-0.2, 0) is 4.79 Å². The molecule has 0 aromatic rings. The minimum absolute atomic E-state index is 0.0765. The summed E-state index contributed by atoms with van der Waals surface area (Å²) in [5.74, 6) is -1.15. The minimum Gasteiger partial charge on any atom is -0.481 e. The highest BCUT2D eigenvalue weighted by molar-refractivity contribution is 5.76. The van der Waals surface area contributed by atoms with Crippen LogP contribution >= 0.6 is 0 Å². The van der Waals surface area contributed by atoms with Gasteiger partial charge in [-0.15, -0.1) is 0 Å². The summed E-state index contributed by atoms with van der Waals surface area (Å²) >= 11 is 0. The van der Waals surface area contributed by atoms with Gasteiger partial charge in [-0.1, -0.05) is 0 Å². The molecule has 0 aliphatic rings. The summed E-state index contributed by atoms with van der Waals surface area (Å²) in [4.78, 5) is 24.1. The van der Waals surface area contributed by atoms with Crippen molar-refractivity contribution in [1.29, 1.82) is 0 Å². The van der Waals surface area contributed by atoms with E-state index in [2.05, 4.69) is 0 Å². The van der Waals surface area contributed by atoms with Crippen LogP contribution in [0.2, 0.25) is 0 Å². The number of halogens is 3. The molecule has 1 atom stereocenters. The van der Waals surface area contributed by atoms with Crippen molar-refractivity contribution in [2.75, 3.05) is 26.2 Å². The first-order chi connectivity index (χ1) is 9.12. The third kappa shape index (κ3) is 6.60. The lowest BCUT2D eigenvalue weighted by Crippen LogP contribution is -2.51. The predicted octanol–water partition coefficient (Wildman–Crippen LogP) is 1.15. The van der Waals surface area contributed by atoms with Crippen LogP contribution in [0, 0.1) is 0 Å². The number of aliphatic hydroxyl groups excluding tert-OH is 1. The van der Waals surface area contributed by atoms with E-state index < -0.39 is 43.9 Å². The molecule has 0 radical (unpaired) electrons. The average molecular weight is 300 g/mol. The predicted molar refractivity (Wildman–Crippen MR) is 64.2 cm³/mol. The van der Waals surface area contributed by atoms with Gasteiger partial charge in [0.25, 0.3) is 0 Å². The summed E-state index contributed by atoms with van der Waals surface area (Å²) in [7, 11) is 0. The summed E-state index contributed by atoms with van der Waals surface area (Å²) in [6.45, 7) is 0.512. The first kappa shape index (κ1) is 18.5. The zero-order valence-corrected chi connectivity index (χ0v) is 11.4. The smallest absolute Gasteiger partial charge is 0.406 e. The van der Waals surface area contributed by atoms with Crippen molar-refractivity contribution in [3.05, 3.63) is 0 Å². The lowest BCUT2D eigenvalue weighted by Gasteiger charge is -2.33. The Kier molecular flexibility index (Phi) is 7.33. The van der Waals surface area contributed by atoms with Gasteiger partial charge in [0.15, 0.2) is 0 Å². The molecule has 2 amide bonds. The molecule has 0 aromatic carbocycles. The van der Waals surface area contributed by atoms with Gasteiger partial charge in [0.2, 0.25) is 0 Å². The minimum atomic E-state index is -4.58. The Morgan fingerprint density at radius 3 is 2.20 bits per heavy atom. The van der Waals surface area contributed by atoms with Crippen molar-refractivity contribution in [3.8, 4) is 0 Å². The molecule has 0 fully saturated rings. The van der Waals surface area contributed by atoms with E-state index in [4.69, 9.17) is 10.2 Å². The number of urea groups is 1. The van der Waals surface area contributed by atoms with Crippen LogP contribution in [0.15, 0.2) is 0 Å². The number of carbonyl (C=O) groups excluding carboxylic acids is 1. The fourth-order valence-corrected chi connectivity index (χ4v) is 1.76. The summed E-state index contributed by atoms with van der Waals surface area (Å²) in [5.41, 5.74) is 0. The summed E-state index contributed by atoms with van der Waals surface area (Å²) < 4.78 is 37.1. The zero-order chi connectivity index (χ0) is 15.9. The molecule has 0 spiro atoms. The van der Waals surface area contributed by atoms with Crippen molar-refractivity contribution in [2.45, 2.75) is 32.5 Å². The lowest BCUT2D eigenvalue weighted by atomic mass is 10.2. The molecule has 0 heterocycles. The van der Waals surface area contributed by atoms with Crippen molar-refractivity contribution >= 4 is 12.0 Å². The fourth-order valence-electron chi connectivity index (χ4n) is 1.76. The van der Waals surface area contributed by atoms with Gasteiger partial charge in [0, 0.05) is 19.1 Å². The number of amides is 2. The van der Waals surface area contributed by atoms with Crippen LogP contribution < -0.4 is 0 Å². The van der Waals surface area contributed by atoms with Crippen LogP contribution in [0.3, 0.4) is 0 Å². The molecule has 0 aliphatic carbocycles. The Balaban J connectivity index is 4.94. The van der Waals surface area contributed by atoms with E-state index in [1.165, 1.54) is 6.92 Å². The van der Waals surface area contributed by atoms with Crippen LogP contribution in [0.25, 0.3) is 0 Å². The number of alkyl halides is 3. The van der Waals surface area contributed by atoms with Gasteiger partial charge in [-0.3, -0.25) is 4.79 Å². The van der Waals surface area contributed by atoms with Crippen LogP contribution in [0.4, 0.5) is 18.0 Å². The van der Waals surface area contributed by atoms with Gasteiger partial charge in [0.1, 0.15) is 6.54 Å². The van der Waals surface area contributed by atoms with Crippen LogP contribution in [-0.4, -0.2) is 70.5 Å². The Labute approximate surface area is 114 Å². The molecule has 0 saturated heterocycles. The van der Waals surface area contributed by atoms with Gasteiger partial charge in [0.05, 0.1) is 13.0 Å². The third-order valence-corrected chi connectivity index (χ3v) is 2.60. The monoisotopic (exact) mass is 300 g/mol. The van der Waals surface area contributed by atoms with Crippen molar-refractivity contribution in [2.24, 2.45) is 0 Å². The number of rotatable bonds is 7. The van der Waals surface area contributed by atoms with E-state index in [0.717, 1.165) is 4.90 Å². The summed E-state index contributed by atoms with van der Waals surface area (Å²) in [5, 5.41) is 17.4. The second-order valence-electron chi connectivity index (χ2n) is 4.28. The van der Waals surface area contributed by atoms with Gasteiger partial charge in [-0.05, 0) is 13.8 Å². The van der Waals surface area contributed by atoms with Gasteiger partial charge in [-0.2, -0.15) is 13.2 Å². The second kappa shape index (κ2) is 7.93. The van der Waals surface area contributed by atoms with Crippen molar-refractivity contribution < 1.29 is 33.0 Å². The first-order valence-corrected chi connectivity index (χ1v) is 6.07. The van der Waals surface area contributed by atoms with E-state index >= 15 is 0 Å². The molecule has 6 nitrogen and oxygen atoms in total. The molecular formula is C11H19F3N2O4. The zero-order valence-electron chi connectivity index (χ0n) is 11.4.